The maximum absolute atomic E-state index is 12.4. The minimum atomic E-state index is 0.269. The topological polar surface area (TPSA) is 43.8 Å². The van der Waals surface area contributed by atoms with E-state index in [0.29, 0.717) is 12.3 Å². The van der Waals surface area contributed by atoms with Crippen molar-refractivity contribution in [3.63, 3.8) is 0 Å². The molecule has 1 amide bonds. The molecule has 2 fully saturated rings. The molecule has 0 aromatic heterocycles. The number of benzene rings is 1. The molecule has 0 radical (unpaired) electrons. The normalized spacial score (nSPS) is 25.4. The molecule has 3 rings (SSSR count). The van der Waals surface area contributed by atoms with Gasteiger partial charge in [-0.2, -0.15) is 0 Å². The molecule has 2 aliphatic heterocycles. The number of carbonyl (C=O) groups is 1. The third-order valence-electron chi connectivity index (χ3n) is 5.63. The molecule has 0 bridgehead atoms. The van der Waals surface area contributed by atoms with Crippen molar-refractivity contribution in [2.75, 3.05) is 39.3 Å². The van der Waals surface area contributed by atoms with Gasteiger partial charge in [-0.15, -0.1) is 0 Å². The predicted octanol–water partition coefficient (Wildman–Crippen LogP) is 2.32. The highest BCUT2D eigenvalue weighted by atomic mass is 16.3. The summed E-state index contributed by atoms with van der Waals surface area (Å²) in [5.74, 6) is 0.323. The Kier molecular flexibility index (Phi) is 5.90. The molecule has 0 aliphatic carbocycles. The molecule has 1 atom stereocenters. The molecule has 2 heterocycles. The predicted molar refractivity (Wildman–Crippen MR) is 95.8 cm³/mol. The van der Waals surface area contributed by atoms with E-state index in [0.717, 1.165) is 52.0 Å². The Morgan fingerprint density at radius 3 is 2.71 bits per heavy atom. The van der Waals surface area contributed by atoms with Gasteiger partial charge in [-0.25, -0.2) is 0 Å². The van der Waals surface area contributed by atoms with Gasteiger partial charge in [0.1, 0.15) is 0 Å². The summed E-state index contributed by atoms with van der Waals surface area (Å²) in [7, 11) is 0. The van der Waals surface area contributed by atoms with E-state index >= 15 is 0 Å². The van der Waals surface area contributed by atoms with Crippen LogP contribution in [-0.2, 0) is 11.2 Å². The number of likely N-dealkylation sites (tertiary alicyclic amines) is 2. The fourth-order valence-corrected chi connectivity index (χ4v) is 4.34. The Bertz CT molecular complexity index is 534. The van der Waals surface area contributed by atoms with Crippen LogP contribution in [0.15, 0.2) is 30.3 Å². The third kappa shape index (κ3) is 4.37. The summed E-state index contributed by atoms with van der Waals surface area (Å²) >= 11 is 0. The summed E-state index contributed by atoms with van der Waals surface area (Å²) in [5, 5.41) is 9.07. The van der Waals surface area contributed by atoms with Crippen LogP contribution in [0.25, 0.3) is 0 Å². The summed E-state index contributed by atoms with van der Waals surface area (Å²) in [6.07, 6.45) is 5.97. The zero-order chi connectivity index (χ0) is 16.8. The largest absolute Gasteiger partial charge is 0.396 e. The highest BCUT2D eigenvalue weighted by Gasteiger charge is 2.41. The van der Waals surface area contributed by atoms with Crippen molar-refractivity contribution in [1.29, 1.82) is 0 Å². The second kappa shape index (κ2) is 8.13. The fourth-order valence-electron chi connectivity index (χ4n) is 4.34. The number of aliphatic hydroxyl groups excluding tert-OH is 1. The van der Waals surface area contributed by atoms with E-state index in [1.807, 2.05) is 6.07 Å². The lowest BCUT2D eigenvalue weighted by molar-refractivity contribution is -0.139. The average Bonchev–Trinajstić information content (AvgIpc) is 2.62. The second-order valence-corrected chi connectivity index (χ2v) is 7.51. The Balaban J connectivity index is 1.58. The van der Waals surface area contributed by atoms with Crippen molar-refractivity contribution < 1.29 is 9.90 Å². The van der Waals surface area contributed by atoms with Gasteiger partial charge in [-0.3, -0.25) is 4.79 Å². The summed E-state index contributed by atoms with van der Waals surface area (Å²) in [6, 6.07) is 10.4. The monoisotopic (exact) mass is 330 g/mol. The molecule has 1 aromatic rings. The number of hydrogen-bond acceptors (Lipinski definition) is 3. The summed E-state index contributed by atoms with van der Waals surface area (Å²) in [4.78, 5) is 17.0. The minimum Gasteiger partial charge on any atom is -0.396 e. The first kappa shape index (κ1) is 17.4. The van der Waals surface area contributed by atoms with Crippen molar-refractivity contribution in [3.8, 4) is 0 Å². The van der Waals surface area contributed by atoms with Crippen LogP contribution in [0.4, 0.5) is 0 Å². The van der Waals surface area contributed by atoms with Gasteiger partial charge >= 0.3 is 0 Å². The quantitative estimate of drug-likeness (QED) is 0.870. The van der Waals surface area contributed by atoms with E-state index in [1.54, 1.807) is 0 Å². The zero-order valence-electron chi connectivity index (χ0n) is 14.6. The number of nitrogens with zero attached hydrogens (tertiary/aromatic N) is 2. The molecule has 4 nitrogen and oxygen atoms in total. The smallest absolute Gasteiger partial charge is 0.222 e. The number of piperidine rings is 2. The highest BCUT2D eigenvalue weighted by Crippen LogP contribution is 2.38. The Hall–Kier alpha value is -1.39. The first-order valence-electron chi connectivity index (χ1n) is 9.36. The van der Waals surface area contributed by atoms with Gasteiger partial charge in [-0.05, 0) is 44.2 Å². The fraction of sp³-hybridized carbons (Fsp3) is 0.650. The van der Waals surface area contributed by atoms with E-state index < -0.39 is 0 Å². The lowest BCUT2D eigenvalue weighted by Crippen LogP contribution is -2.54. The molecule has 4 heteroatoms. The summed E-state index contributed by atoms with van der Waals surface area (Å²) < 4.78 is 0. The van der Waals surface area contributed by atoms with Gasteiger partial charge in [0.25, 0.3) is 0 Å². The standard InChI is InChI=1S/C20H30N2O2/c23-15-5-13-21-12-4-10-20(16-21)11-8-19(24)22(17-20)14-9-18-6-2-1-3-7-18/h1-3,6-7,23H,4-5,8-17H2/t20-/m1/s1. The van der Waals surface area contributed by atoms with E-state index in [-0.39, 0.29) is 12.0 Å². The van der Waals surface area contributed by atoms with E-state index in [2.05, 4.69) is 34.1 Å². The molecule has 1 aromatic carbocycles. The summed E-state index contributed by atoms with van der Waals surface area (Å²) in [5.41, 5.74) is 1.58. The zero-order valence-corrected chi connectivity index (χ0v) is 14.6. The Morgan fingerprint density at radius 2 is 1.92 bits per heavy atom. The van der Waals surface area contributed by atoms with Crippen LogP contribution in [0.1, 0.15) is 37.7 Å². The Labute approximate surface area is 145 Å². The Morgan fingerprint density at radius 1 is 1.08 bits per heavy atom. The average molecular weight is 330 g/mol. The molecule has 24 heavy (non-hydrogen) atoms. The molecular weight excluding hydrogens is 300 g/mol. The van der Waals surface area contributed by atoms with Crippen molar-refractivity contribution >= 4 is 5.91 Å². The second-order valence-electron chi connectivity index (χ2n) is 7.51. The van der Waals surface area contributed by atoms with Crippen LogP contribution in [0.2, 0.25) is 0 Å². The molecule has 2 saturated heterocycles. The van der Waals surface area contributed by atoms with Crippen molar-refractivity contribution in [1.82, 2.24) is 9.80 Å². The molecular formula is C20H30N2O2. The number of amides is 1. The van der Waals surface area contributed by atoms with E-state index in [1.165, 1.54) is 18.4 Å². The van der Waals surface area contributed by atoms with Gasteiger partial charge in [0.05, 0.1) is 0 Å². The van der Waals surface area contributed by atoms with Crippen molar-refractivity contribution in [2.24, 2.45) is 5.41 Å². The first-order valence-corrected chi connectivity index (χ1v) is 9.36. The molecule has 0 saturated carbocycles. The highest BCUT2D eigenvalue weighted by molar-refractivity contribution is 5.77. The number of carbonyl (C=O) groups excluding carboxylic acids is 1. The molecule has 1 N–H and O–H groups in total. The number of aliphatic hydroxyl groups is 1. The van der Waals surface area contributed by atoms with Gasteiger partial charge in [-0.1, -0.05) is 30.3 Å². The van der Waals surface area contributed by atoms with Crippen molar-refractivity contribution in [2.45, 2.75) is 38.5 Å². The molecule has 1 spiro atoms. The lowest BCUT2D eigenvalue weighted by atomic mass is 9.73. The molecule has 0 unspecified atom stereocenters. The van der Waals surface area contributed by atoms with E-state index in [4.69, 9.17) is 5.11 Å². The summed E-state index contributed by atoms with van der Waals surface area (Å²) in [6.45, 7) is 5.22. The van der Waals surface area contributed by atoms with E-state index in [9.17, 15) is 4.79 Å². The van der Waals surface area contributed by atoms with Gasteiger partial charge in [0.2, 0.25) is 5.91 Å². The maximum atomic E-state index is 12.4. The van der Waals surface area contributed by atoms with Crippen LogP contribution in [-0.4, -0.2) is 60.1 Å². The van der Waals surface area contributed by atoms with Crippen molar-refractivity contribution in [3.05, 3.63) is 35.9 Å². The number of hydrogen-bond donors (Lipinski definition) is 1. The SMILES string of the molecule is O=C1CC[C@@]2(CCCN(CCCO)C2)CN1CCc1ccccc1. The van der Waals surface area contributed by atoms with Crippen LogP contribution in [0.3, 0.4) is 0 Å². The van der Waals surface area contributed by atoms with Crippen LogP contribution in [0.5, 0.6) is 0 Å². The van der Waals surface area contributed by atoms with Crippen LogP contribution in [0, 0.1) is 5.41 Å². The van der Waals surface area contributed by atoms with Crippen LogP contribution >= 0.6 is 0 Å². The molecule has 132 valence electrons. The van der Waals surface area contributed by atoms with Gasteiger partial charge < -0.3 is 14.9 Å². The molecule has 2 aliphatic rings. The third-order valence-corrected chi connectivity index (χ3v) is 5.63. The van der Waals surface area contributed by atoms with Gasteiger partial charge in [0.15, 0.2) is 0 Å². The van der Waals surface area contributed by atoms with Crippen LogP contribution < -0.4 is 0 Å². The first-order chi connectivity index (χ1) is 11.7. The lowest BCUT2D eigenvalue weighted by Gasteiger charge is -2.48. The van der Waals surface area contributed by atoms with Gasteiger partial charge in [0, 0.05) is 44.6 Å². The maximum Gasteiger partial charge on any atom is 0.222 e. The number of rotatable bonds is 6. The minimum absolute atomic E-state index is 0.269.